The first-order valence-corrected chi connectivity index (χ1v) is 12.8. The number of carbonyl (C=O) groups is 1. The van der Waals surface area contributed by atoms with Gasteiger partial charge in [0.05, 0.1) is 19.3 Å². The molecule has 0 aromatic rings. The smallest absolute Gasteiger partial charge is 0.151 e. The molecule has 4 saturated carbocycles. The van der Waals surface area contributed by atoms with E-state index in [2.05, 4.69) is 29.8 Å². The summed E-state index contributed by atoms with van der Waals surface area (Å²) < 4.78 is 5.85. The molecule has 6 nitrogen and oxygen atoms in total. The molecule has 0 radical (unpaired) electrons. The van der Waals surface area contributed by atoms with Gasteiger partial charge < -0.3 is 9.84 Å². The Labute approximate surface area is 187 Å². The topological polar surface area (TPSA) is 73.8 Å². The molecule has 6 heteroatoms. The number of aliphatic hydroxyl groups excluding tert-OH is 1. The lowest BCUT2D eigenvalue weighted by Gasteiger charge is -2.61. The number of hydrogen-bond acceptors (Lipinski definition) is 6. The van der Waals surface area contributed by atoms with E-state index in [-0.39, 0.29) is 22.9 Å². The van der Waals surface area contributed by atoms with Crippen molar-refractivity contribution in [3.8, 4) is 0 Å². The lowest BCUT2D eigenvalue weighted by atomic mass is 9.44. The van der Waals surface area contributed by atoms with Crippen LogP contribution in [-0.4, -0.2) is 54.9 Å². The van der Waals surface area contributed by atoms with Gasteiger partial charge >= 0.3 is 0 Å². The maximum Gasteiger partial charge on any atom is 0.151 e. The van der Waals surface area contributed by atoms with Crippen molar-refractivity contribution < 1.29 is 14.6 Å². The second-order valence-electron chi connectivity index (χ2n) is 11.9. The number of carbonyl (C=O) groups excluding carboxylic acids is 1. The number of ketones is 1. The Morgan fingerprint density at radius 1 is 1.13 bits per heavy atom. The molecule has 31 heavy (non-hydrogen) atoms. The lowest BCUT2D eigenvalue weighted by molar-refractivity contribution is -0.161. The van der Waals surface area contributed by atoms with Gasteiger partial charge in [0, 0.05) is 25.6 Å². The Kier molecular flexibility index (Phi) is 6.00. The van der Waals surface area contributed by atoms with Gasteiger partial charge in [0.15, 0.2) is 5.78 Å². The monoisotopic (exact) mass is 433 g/mol. The van der Waals surface area contributed by atoms with Gasteiger partial charge in [-0.05, 0) is 99.2 Å². The summed E-state index contributed by atoms with van der Waals surface area (Å²) >= 11 is 0. The van der Waals surface area contributed by atoms with Gasteiger partial charge in [0.2, 0.25) is 0 Å². The third-order valence-corrected chi connectivity index (χ3v) is 10.6. The predicted molar refractivity (Wildman–Crippen MR) is 120 cm³/mol. The van der Waals surface area contributed by atoms with Crippen LogP contribution in [0.1, 0.15) is 71.6 Å². The molecular formula is C25H43N3O3. The number of aliphatic hydroxyl groups is 1. The van der Waals surface area contributed by atoms with E-state index in [9.17, 15) is 9.90 Å². The minimum absolute atomic E-state index is 0.120. The Morgan fingerprint density at radius 2 is 1.97 bits per heavy atom. The number of methoxy groups -OCH3 is 1. The minimum Gasteiger partial charge on any atom is -0.393 e. The molecule has 1 saturated heterocycles. The summed E-state index contributed by atoms with van der Waals surface area (Å²) in [5, 5.41) is 12.4. The standard InChI is InChI=1S/C25H43N3O3/c1-16-13-26-27-28(16)14-23(30)22-7-6-20-19-5-4-17-12-18(29)8-11-25(17,15-31-3)21(19)9-10-24(20,22)2/h16-22,26-27,29H,4-15H2,1-3H3/t16?,17-,18+,19-,20-,21-,22+,24-,25+/m0/s1. The third-order valence-electron chi connectivity index (χ3n) is 10.6. The zero-order valence-electron chi connectivity index (χ0n) is 19.7. The van der Waals surface area contributed by atoms with Gasteiger partial charge in [-0.15, -0.1) is 0 Å². The van der Waals surface area contributed by atoms with Crippen LogP contribution in [0.25, 0.3) is 0 Å². The summed E-state index contributed by atoms with van der Waals surface area (Å²) in [6.45, 7) is 6.87. The Morgan fingerprint density at radius 3 is 2.71 bits per heavy atom. The quantitative estimate of drug-likeness (QED) is 0.619. The molecule has 1 heterocycles. The highest BCUT2D eigenvalue weighted by atomic mass is 16.5. The molecule has 5 fully saturated rings. The van der Waals surface area contributed by atoms with Crippen molar-refractivity contribution in [1.82, 2.24) is 16.0 Å². The molecular weight excluding hydrogens is 390 g/mol. The maximum absolute atomic E-state index is 13.4. The highest BCUT2D eigenvalue weighted by Crippen LogP contribution is 2.67. The maximum atomic E-state index is 13.4. The number of rotatable bonds is 5. The minimum atomic E-state index is -0.120. The zero-order chi connectivity index (χ0) is 21.8. The average molecular weight is 434 g/mol. The van der Waals surface area contributed by atoms with Crippen molar-refractivity contribution in [3.63, 3.8) is 0 Å². The fraction of sp³-hybridized carbons (Fsp3) is 0.960. The second kappa shape index (κ2) is 8.35. The molecule has 0 spiro atoms. The number of Topliss-reactive ketones (excluding diaryl/α,β-unsaturated/α-hetero) is 1. The van der Waals surface area contributed by atoms with Crippen LogP contribution in [0.4, 0.5) is 0 Å². The van der Waals surface area contributed by atoms with E-state index in [0.29, 0.717) is 36.1 Å². The van der Waals surface area contributed by atoms with E-state index in [1.54, 1.807) is 0 Å². The molecule has 1 unspecified atom stereocenters. The zero-order valence-corrected chi connectivity index (χ0v) is 19.7. The van der Waals surface area contributed by atoms with Crippen molar-refractivity contribution >= 4 is 5.78 Å². The van der Waals surface area contributed by atoms with E-state index in [0.717, 1.165) is 44.8 Å². The Bertz CT molecular complexity index is 689. The first kappa shape index (κ1) is 22.3. The van der Waals surface area contributed by atoms with Gasteiger partial charge in [-0.25, -0.2) is 10.4 Å². The summed E-state index contributed by atoms with van der Waals surface area (Å²) in [7, 11) is 1.86. The normalized spacial score (nSPS) is 50.0. The lowest BCUT2D eigenvalue weighted by Crippen LogP contribution is -2.57. The van der Waals surface area contributed by atoms with E-state index in [4.69, 9.17) is 4.74 Å². The second-order valence-corrected chi connectivity index (χ2v) is 11.9. The fourth-order valence-electron chi connectivity index (χ4n) is 9.09. The van der Waals surface area contributed by atoms with Crippen molar-refractivity contribution in [2.45, 2.75) is 83.8 Å². The summed E-state index contributed by atoms with van der Waals surface area (Å²) in [5.74, 6) is 3.35. The molecule has 1 aliphatic heterocycles. The summed E-state index contributed by atoms with van der Waals surface area (Å²) in [4.78, 5) is 13.4. The number of nitrogens with zero attached hydrogens (tertiary/aromatic N) is 1. The molecule has 9 atom stereocenters. The van der Waals surface area contributed by atoms with Gasteiger partial charge in [0.25, 0.3) is 0 Å². The van der Waals surface area contributed by atoms with Gasteiger partial charge in [0.1, 0.15) is 0 Å². The molecule has 0 amide bonds. The van der Waals surface area contributed by atoms with E-state index >= 15 is 0 Å². The van der Waals surface area contributed by atoms with Crippen LogP contribution in [-0.2, 0) is 9.53 Å². The molecule has 0 aromatic carbocycles. The van der Waals surface area contributed by atoms with Crippen molar-refractivity contribution in [2.24, 2.45) is 40.4 Å². The predicted octanol–water partition coefficient (Wildman–Crippen LogP) is 2.92. The SMILES string of the molecule is COC[C@]12CC[C@@H](O)C[C@@H]1CC[C@H]1[C@@H]3CC[C@H](C(=O)CN4NNCC4C)[C@@]3(C)CC[C@@H]12. The van der Waals surface area contributed by atoms with Gasteiger partial charge in [-0.2, -0.15) is 5.53 Å². The van der Waals surface area contributed by atoms with Crippen molar-refractivity contribution in [2.75, 3.05) is 26.8 Å². The molecule has 0 aromatic heterocycles. The largest absolute Gasteiger partial charge is 0.393 e. The Hall–Kier alpha value is -0.530. The number of hydrazine groups is 2. The molecule has 176 valence electrons. The molecule has 5 aliphatic rings. The van der Waals surface area contributed by atoms with Crippen LogP contribution in [0.15, 0.2) is 0 Å². The Balaban J connectivity index is 1.35. The van der Waals surface area contributed by atoms with Gasteiger partial charge in [-0.1, -0.05) is 6.92 Å². The first-order valence-electron chi connectivity index (χ1n) is 12.8. The number of ether oxygens (including phenoxy) is 1. The van der Waals surface area contributed by atoms with E-state index in [1.165, 1.54) is 32.1 Å². The highest BCUT2D eigenvalue weighted by molar-refractivity contribution is 5.84. The van der Waals surface area contributed by atoms with Crippen LogP contribution >= 0.6 is 0 Å². The van der Waals surface area contributed by atoms with Crippen LogP contribution in [0.2, 0.25) is 0 Å². The number of hydrogen-bond donors (Lipinski definition) is 3. The fourth-order valence-corrected chi connectivity index (χ4v) is 9.09. The molecule has 3 N–H and O–H groups in total. The van der Waals surface area contributed by atoms with Crippen molar-refractivity contribution in [3.05, 3.63) is 0 Å². The van der Waals surface area contributed by atoms with E-state index in [1.807, 2.05) is 7.11 Å². The number of nitrogens with one attached hydrogen (secondary N) is 2. The van der Waals surface area contributed by atoms with Crippen LogP contribution in [0, 0.1) is 40.4 Å². The van der Waals surface area contributed by atoms with Crippen LogP contribution in [0.5, 0.6) is 0 Å². The average Bonchev–Trinajstić information content (AvgIpc) is 3.31. The first-order chi connectivity index (χ1) is 14.9. The summed E-state index contributed by atoms with van der Waals surface area (Å²) in [6.07, 6.45) is 10.1. The van der Waals surface area contributed by atoms with E-state index < -0.39 is 0 Å². The highest BCUT2D eigenvalue weighted by Gasteiger charge is 2.62. The number of fused-ring (bicyclic) bond motifs is 5. The third kappa shape index (κ3) is 3.52. The van der Waals surface area contributed by atoms with Crippen molar-refractivity contribution in [1.29, 1.82) is 0 Å². The van der Waals surface area contributed by atoms with Crippen LogP contribution in [0.3, 0.4) is 0 Å². The summed E-state index contributed by atoms with van der Waals surface area (Å²) in [5.41, 5.74) is 6.74. The van der Waals surface area contributed by atoms with Gasteiger partial charge in [-0.3, -0.25) is 4.79 Å². The molecule has 5 rings (SSSR count). The molecule has 0 bridgehead atoms. The summed E-state index contributed by atoms with van der Waals surface area (Å²) in [6, 6.07) is 0.357. The van der Waals surface area contributed by atoms with Crippen LogP contribution < -0.4 is 11.0 Å². The molecule has 4 aliphatic carbocycles.